The van der Waals surface area contributed by atoms with E-state index in [-0.39, 0.29) is 10.6 Å². The summed E-state index contributed by atoms with van der Waals surface area (Å²) in [5.74, 6) is 0. The first kappa shape index (κ1) is 13.9. The third-order valence-electron chi connectivity index (χ3n) is 3.10. The number of thiazole rings is 1. The molecule has 0 aliphatic rings. The maximum atomic E-state index is 10.6. The Bertz CT molecular complexity index is 733. The standard InChI is InChI=1S/C15H12N2O2S2/c18-17(19)12-6-3-11(4-7-12)5-8-15-16-13(10-21-15)14-2-1-9-20-14/h1-4,6-7,9-10H,5,8H2. The number of thiophene rings is 1. The van der Waals surface area contributed by atoms with E-state index in [1.54, 1.807) is 34.8 Å². The van der Waals surface area contributed by atoms with Crippen LogP contribution in [0.5, 0.6) is 0 Å². The van der Waals surface area contributed by atoms with E-state index >= 15 is 0 Å². The zero-order chi connectivity index (χ0) is 14.7. The Morgan fingerprint density at radius 1 is 1.10 bits per heavy atom. The first-order chi connectivity index (χ1) is 10.2. The molecule has 3 aromatic rings. The number of aromatic nitrogens is 1. The Hall–Kier alpha value is -2.05. The van der Waals surface area contributed by atoms with Gasteiger partial charge < -0.3 is 0 Å². The predicted molar refractivity (Wildman–Crippen MR) is 85.9 cm³/mol. The molecule has 0 aliphatic carbocycles. The number of hydrogen-bond donors (Lipinski definition) is 0. The van der Waals surface area contributed by atoms with Crippen LogP contribution in [0, 0.1) is 10.1 Å². The molecular formula is C15H12N2O2S2. The summed E-state index contributed by atoms with van der Waals surface area (Å²) in [5, 5.41) is 15.8. The van der Waals surface area contributed by atoms with Gasteiger partial charge in [0.1, 0.15) is 0 Å². The van der Waals surface area contributed by atoms with Crippen molar-refractivity contribution in [3.8, 4) is 10.6 Å². The van der Waals surface area contributed by atoms with Gasteiger partial charge >= 0.3 is 0 Å². The topological polar surface area (TPSA) is 56.0 Å². The minimum Gasteiger partial charge on any atom is -0.258 e. The number of non-ortho nitro benzene ring substituents is 1. The van der Waals surface area contributed by atoms with Crippen LogP contribution in [0.2, 0.25) is 0 Å². The van der Waals surface area contributed by atoms with Crippen molar-refractivity contribution in [1.82, 2.24) is 4.98 Å². The molecule has 0 N–H and O–H groups in total. The Morgan fingerprint density at radius 3 is 2.57 bits per heavy atom. The summed E-state index contributed by atoms with van der Waals surface area (Å²) in [7, 11) is 0. The minimum absolute atomic E-state index is 0.132. The summed E-state index contributed by atoms with van der Waals surface area (Å²) in [4.78, 5) is 16.1. The molecule has 4 nitrogen and oxygen atoms in total. The Morgan fingerprint density at radius 2 is 1.90 bits per heavy atom. The van der Waals surface area contributed by atoms with Crippen LogP contribution in [0.3, 0.4) is 0 Å². The molecule has 0 radical (unpaired) electrons. The molecule has 106 valence electrons. The number of rotatable bonds is 5. The van der Waals surface area contributed by atoms with Crippen molar-refractivity contribution in [1.29, 1.82) is 0 Å². The lowest BCUT2D eigenvalue weighted by Crippen LogP contribution is -1.92. The van der Waals surface area contributed by atoms with Crippen molar-refractivity contribution in [2.24, 2.45) is 0 Å². The summed E-state index contributed by atoms with van der Waals surface area (Å²) >= 11 is 3.35. The zero-order valence-electron chi connectivity index (χ0n) is 11.1. The van der Waals surface area contributed by atoms with Crippen LogP contribution in [0.1, 0.15) is 10.6 Å². The van der Waals surface area contributed by atoms with Crippen molar-refractivity contribution < 1.29 is 4.92 Å². The molecule has 0 aliphatic heterocycles. The van der Waals surface area contributed by atoms with Crippen molar-refractivity contribution in [3.63, 3.8) is 0 Å². The number of nitro benzene ring substituents is 1. The summed E-state index contributed by atoms with van der Waals surface area (Å²) in [6.07, 6.45) is 1.70. The molecule has 3 rings (SSSR count). The Labute approximate surface area is 129 Å². The fraction of sp³-hybridized carbons (Fsp3) is 0.133. The number of hydrogen-bond acceptors (Lipinski definition) is 5. The second kappa shape index (κ2) is 6.15. The van der Waals surface area contributed by atoms with E-state index in [0.717, 1.165) is 29.1 Å². The first-order valence-corrected chi connectivity index (χ1v) is 8.20. The van der Waals surface area contributed by atoms with E-state index < -0.39 is 0 Å². The highest BCUT2D eigenvalue weighted by Crippen LogP contribution is 2.26. The fourth-order valence-corrected chi connectivity index (χ4v) is 3.56. The van der Waals surface area contributed by atoms with Gasteiger partial charge in [0.2, 0.25) is 0 Å². The average molecular weight is 316 g/mol. The van der Waals surface area contributed by atoms with Crippen LogP contribution < -0.4 is 0 Å². The Kier molecular flexibility index (Phi) is 4.08. The van der Waals surface area contributed by atoms with Gasteiger partial charge in [0, 0.05) is 23.9 Å². The number of benzene rings is 1. The quantitative estimate of drug-likeness (QED) is 0.512. The summed E-state index contributed by atoms with van der Waals surface area (Å²) in [6, 6.07) is 10.8. The molecule has 0 saturated heterocycles. The third kappa shape index (κ3) is 3.34. The van der Waals surface area contributed by atoms with Gasteiger partial charge in [0.05, 0.1) is 20.5 Å². The maximum absolute atomic E-state index is 10.6. The molecule has 0 atom stereocenters. The monoisotopic (exact) mass is 316 g/mol. The summed E-state index contributed by atoms with van der Waals surface area (Å²) < 4.78 is 0. The van der Waals surface area contributed by atoms with E-state index in [1.807, 2.05) is 23.6 Å². The third-order valence-corrected chi connectivity index (χ3v) is 4.90. The largest absolute Gasteiger partial charge is 0.269 e. The molecule has 0 fully saturated rings. The van der Waals surface area contributed by atoms with Crippen molar-refractivity contribution in [2.45, 2.75) is 12.8 Å². The van der Waals surface area contributed by atoms with Gasteiger partial charge in [-0.2, -0.15) is 0 Å². The second-order valence-corrected chi connectivity index (χ2v) is 6.42. The lowest BCUT2D eigenvalue weighted by Gasteiger charge is -1.99. The van der Waals surface area contributed by atoms with Gasteiger partial charge in [-0.05, 0) is 23.4 Å². The molecule has 1 aromatic carbocycles. The SMILES string of the molecule is O=[N+]([O-])c1ccc(CCc2nc(-c3cccs3)cs2)cc1. The summed E-state index contributed by atoms with van der Waals surface area (Å²) in [5.41, 5.74) is 2.26. The molecule has 2 aromatic heterocycles. The van der Waals surface area contributed by atoms with Crippen LogP contribution in [-0.2, 0) is 12.8 Å². The molecule has 0 unspecified atom stereocenters. The lowest BCUT2D eigenvalue weighted by molar-refractivity contribution is -0.384. The normalized spacial score (nSPS) is 10.7. The Balaban J connectivity index is 1.64. The highest BCUT2D eigenvalue weighted by molar-refractivity contribution is 7.14. The molecule has 0 bridgehead atoms. The first-order valence-electron chi connectivity index (χ1n) is 6.44. The fourth-order valence-electron chi connectivity index (χ4n) is 2.00. The van der Waals surface area contributed by atoms with Gasteiger partial charge in [0.25, 0.3) is 5.69 Å². The van der Waals surface area contributed by atoms with E-state index in [2.05, 4.69) is 16.4 Å². The molecule has 6 heteroatoms. The molecule has 2 heterocycles. The smallest absolute Gasteiger partial charge is 0.258 e. The van der Waals surface area contributed by atoms with E-state index in [0.29, 0.717) is 0 Å². The van der Waals surface area contributed by atoms with E-state index in [4.69, 9.17) is 0 Å². The van der Waals surface area contributed by atoms with Crippen molar-refractivity contribution >= 4 is 28.4 Å². The number of aryl methyl sites for hydroxylation is 2. The van der Waals surface area contributed by atoms with E-state index in [1.165, 1.54) is 4.88 Å². The van der Waals surface area contributed by atoms with Crippen molar-refractivity contribution in [2.75, 3.05) is 0 Å². The highest BCUT2D eigenvalue weighted by Gasteiger charge is 2.07. The van der Waals surface area contributed by atoms with Gasteiger partial charge in [-0.1, -0.05) is 18.2 Å². The van der Waals surface area contributed by atoms with Gasteiger partial charge in [-0.3, -0.25) is 10.1 Å². The van der Waals surface area contributed by atoms with Gasteiger partial charge in [-0.15, -0.1) is 22.7 Å². The van der Waals surface area contributed by atoms with Crippen LogP contribution in [0.4, 0.5) is 5.69 Å². The van der Waals surface area contributed by atoms with Crippen LogP contribution >= 0.6 is 22.7 Å². The molecule has 21 heavy (non-hydrogen) atoms. The van der Waals surface area contributed by atoms with Gasteiger partial charge in [-0.25, -0.2) is 4.98 Å². The minimum atomic E-state index is -0.377. The molecule has 0 amide bonds. The van der Waals surface area contributed by atoms with Crippen LogP contribution in [-0.4, -0.2) is 9.91 Å². The number of nitro groups is 1. The predicted octanol–water partition coefficient (Wildman–Crippen LogP) is 4.57. The second-order valence-electron chi connectivity index (χ2n) is 4.53. The molecule has 0 saturated carbocycles. The lowest BCUT2D eigenvalue weighted by atomic mass is 10.1. The van der Waals surface area contributed by atoms with Crippen LogP contribution in [0.15, 0.2) is 47.2 Å². The average Bonchev–Trinajstić information content (AvgIpc) is 3.16. The highest BCUT2D eigenvalue weighted by atomic mass is 32.1. The zero-order valence-corrected chi connectivity index (χ0v) is 12.7. The maximum Gasteiger partial charge on any atom is 0.269 e. The van der Waals surface area contributed by atoms with Crippen molar-refractivity contribution in [3.05, 3.63) is 67.8 Å². The molecular weight excluding hydrogens is 304 g/mol. The molecule has 0 spiro atoms. The van der Waals surface area contributed by atoms with E-state index in [9.17, 15) is 10.1 Å². The number of nitrogens with zero attached hydrogens (tertiary/aromatic N) is 2. The van der Waals surface area contributed by atoms with Gasteiger partial charge in [0.15, 0.2) is 0 Å². The summed E-state index contributed by atoms with van der Waals surface area (Å²) in [6.45, 7) is 0. The van der Waals surface area contributed by atoms with Crippen LogP contribution in [0.25, 0.3) is 10.6 Å².